The van der Waals surface area contributed by atoms with Crippen LogP contribution in [0.2, 0.25) is 0 Å². The lowest BCUT2D eigenvalue weighted by Crippen LogP contribution is -2.21. The summed E-state index contributed by atoms with van der Waals surface area (Å²) in [4.78, 5) is 6.47. The van der Waals surface area contributed by atoms with Crippen LogP contribution in [-0.2, 0) is 6.54 Å². The summed E-state index contributed by atoms with van der Waals surface area (Å²) in [6, 6.07) is 5.78. The van der Waals surface area contributed by atoms with Crippen molar-refractivity contribution >= 4 is 11.8 Å². The molecule has 1 aromatic heterocycles. The minimum Gasteiger partial charge on any atom is -0.493 e. The highest BCUT2D eigenvalue weighted by Crippen LogP contribution is 2.27. The fourth-order valence-electron chi connectivity index (χ4n) is 2.04. The summed E-state index contributed by atoms with van der Waals surface area (Å²) in [5, 5.41) is 14.3. The number of anilines is 2. The number of aromatic nitrogens is 3. The van der Waals surface area contributed by atoms with E-state index < -0.39 is 0 Å². The molecule has 0 atom stereocenters. The predicted molar refractivity (Wildman–Crippen MR) is 93.7 cm³/mol. The van der Waals surface area contributed by atoms with E-state index in [1.165, 1.54) is 0 Å². The number of ether oxygens (including phenoxy) is 2. The molecule has 130 valence electrons. The van der Waals surface area contributed by atoms with Crippen LogP contribution in [0, 0.1) is 0 Å². The zero-order valence-corrected chi connectivity index (χ0v) is 14.5. The minimum absolute atomic E-state index is 0.508. The molecule has 0 saturated heterocycles. The molecular weight excluding hydrogens is 308 g/mol. The number of nitrogens with one attached hydrogen (secondary N) is 2. The first-order valence-corrected chi connectivity index (χ1v) is 7.65. The molecule has 0 amide bonds. The number of benzene rings is 1. The van der Waals surface area contributed by atoms with Crippen LogP contribution in [0.1, 0.15) is 5.56 Å². The van der Waals surface area contributed by atoms with Crippen molar-refractivity contribution < 1.29 is 9.47 Å². The second-order valence-corrected chi connectivity index (χ2v) is 5.44. The first kappa shape index (κ1) is 17.7. The fourth-order valence-corrected chi connectivity index (χ4v) is 2.04. The Morgan fingerprint density at radius 2 is 1.88 bits per heavy atom. The summed E-state index contributed by atoms with van der Waals surface area (Å²) in [6.07, 6.45) is 1.60. The van der Waals surface area contributed by atoms with Crippen molar-refractivity contribution in [1.29, 1.82) is 0 Å². The van der Waals surface area contributed by atoms with Crippen LogP contribution in [0.3, 0.4) is 0 Å². The lowest BCUT2D eigenvalue weighted by molar-refractivity contribution is 0.354. The van der Waals surface area contributed by atoms with Crippen molar-refractivity contribution in [2.75, 3.05) is 52.0 Å². The average Bonchev–Trinajstić information content (AvgIpc) is 2.59. The molecule has 1 heterocycles. The standard InChI is InChI=1S/C16H24N6O2/c1-22(2)8-7-17-16-20-15(11-19-21-16)18-10-12-5-6-13(23-3)14(9-12)24-4/h5-6,9,11H,7-8,10H2,1-4H3,(H2,17,18,20,21). The molecule has 24 heavy (non-hydrogen) atoms. The Kier molecular flexibility index (Phi) is 6.56. The molecular formula is C16H24N6O2. The van der Waals surface area contributed by atoms with Crippen molar-refractivity contribution in [2.24, 2.45) is 0 Å². The molecule has 0 radical (unpaired) electrons. The lowest BCUT2D eigenvalue weighted by Gasteiger charge is -2.12. The van der Waals surface area contributed by atoms with Crippen molar-refractivity contribution in [3.8, 4) is 11.5 Å². The molecule has 0 aliphatic heterocycles. The van der Waals surface area contributed by atoms with E-state index in [9.17, 15) is 0 Å². The van der Waals surface area contributed by atoms with Crippen LogP contribution in [-0.4, -0.2) is 61.5 Å². The van der Waals surface area contributed by atoms with E-state index >= 15 is 0 Å². The molecule has 0 bridgehead atoms. The number of methoxy groups -OCH3 is 2. The van der Waals surface area contributed by atoms with Gasteiger partial charge in [-0.3, -0.25) is 0 Å². The Balaban J connectivity index is 1.94. The summed E-state index contributed by atoms with van der Waals surface area (Å²) in [5.41, 5.74) is 1.05. The van der Waals surface area contributed by atoms with Gasteiger partial charge < -0.3 is 25.0 Å². The maximum atomic E-state index is 5.31. The number of likely N-dealkylation sites (N-methyl/N-ethyl adjacent to an activating group) is 1. The highest BCUT2D eigenvalue weighted by molar-refractivity contribution is 5.44. The third kappa shape index (κ3) is 5.24. The molecule has 2 rings (SSSR count). The summed E-state index contributed by atoms with van der Waals surface area (Å²) < 4.78 is 10.5. The van der Waals surface area contributed by atoms with Crippen molar-refractivity contribution in [3.05, 3.63) is 30.0 Å². The van der Waals surface area contributed by atoms with Crippen LogP contribution < -0.4 is 20.1 Å². The average molecular weight is 332 g/mol. The maximum Gasteiger partial charge on any atom is 0.244 e. The van der Waals surface area contributed by atoms with Gasteiger partial charge in [-0.25, -0.2) is 0 Å². The lowest BCUT2D eigenvalue weighted by atomic mass is 10.2. The van der Waals surface area contributed by atoms with Gasteiger partial charge in [0.2, 0.25) is 5.95 Å². The van der Waals surface area contributed by atoms with Gasteiger partial charge >= 0.3 is 0 Å². The largest absolute Gasteiger partial charge is 0.493 e. The van der Waals surface area contributed by atoms with Crippen molar-refractivity contribution in [2.45, 2.75) is 6.54 Å². The van der Waals surface area contributed by atoms with Gasteiger partial charge in [-0.05, 0) is 31.8 Å². The van der Waals surface area contributed by atoms with Gasteiger partial charge in [0.05, 0.1) is 20.4 Å². The van der Waals surface area contributed by atoms with Crippen LogP contribution in [0.4, 0.5) is 11.8 Å². The van der Waals surface area contributed by atoms with Crippen molar-refractivity contribution in [3.63, 3.8) is 0 Å². The van der Waals surface area contributed by atoms with E-state index in [2.05, 4.69) is 30.7 Å². The molecule has 0 spiro atoms. The van der Waals surface area contributed by atoms with Crippen LogP contribution in [0.5, 0.6) is 11.5 Å². The fraction of sp³-hybridized carbons (Fsp3) is 0.438. The molecule has 1 aromatic carbocycles. The highest BCUT2D eigenvalue weighted by atomic mass is 16.5. The van der Waals surface area contributed by atoms with Gasteiger partial charge in [0, 0.05) is 19.6 Å². The minimum atomic E-state index is 0.508. The first-order valence-electron chi connectivity index (χ1n) is 7.65. The zero-order valence-electron chi connectivity index (χ0n) is 14.5. The van der Waals surface area contributed by atoms with E-state index in [1.807, 2.05) is 32.3 Å². The molecule has 0 unspecified atom stereocenters. The topological polar surface area (TPSA) is 84.4 Å². The molecule has 2 N–H and O–H groups in total. The maximum absolute atomic E-state index is 5.31. The Morgan fingerprint density at radius 3 is 2.58 bits per heavy atom. The molecule has 0 aliphatic rings. The molecule has 0 saturated carbocycles. The SMILES string of the molecule is COc1ccc(CNc2cnnc(NCCN(C)C)n2)cc1OC. The van der Waals surface area contributed by atoms with Crippen LogP contribution in [0.25, 0.3) is 0 Å². The van der Waals surface area contributed by atoms with Crippen LogP contribution >= 0.6 is 0 Å². The second-order valence-electron chi connectivity index (χ2n) is 5.44. The molecule has 8 nitrogen and oxygen atoms in total. The van der Waals surface area contributed by atoms with Crippen molar-refractivity contribution in [1.82, 2.24) is 20.1 Å². The van der Waals surface area contributed by atoms with Gasteiger partial charge in [-0.1, -0.05) is 6.07 Å². The summed E-state index contributed by atoms with van der Waals surface area (Å²) in [7, 11) is 7.27. The van der Waals surface area contributed by atoms with Gasteiger partial charge in [0.1, 0.15) is 0 Å². The van der Waals surface area contributed by atoms with E-state index in [-0.39, 0.29) is 0 Å². The molecule has 8 heteroatoms. The van der Waals surface area contributed by atoms with Gasteiger partial charge in [0.25, 0.3) is 0 Å². The van der Waals surface area contributed by atoms with E-state index in [0.717, 1.165) is 18.7 Å². The monoisotopic (exact) mass is 332 g/mol. The van der Waals surface area contributed by atoms with E-state index in [4.69, 9.17) is 9.47 Å². The quantitative estimate of drug-likeness (QED) is 0.714. The Morgan fingerprint density at radius 1 is 1.08 bits per heavy atom. The number of rotatable bonds is 9. The number of nitrogens with zero attached hydrogens (tertiary/aromatic N) is 4. The molecule has 2 aromatic rings. The Bertz CT molecular complexity index is 650. The number of hydrogen-bond donors (Lipinski definition) is 2. The van der Waals surface area contributed by atoms with Gasteiger partial charge in [-0.15, -0.1) is 5.10 Å². The van der Waals surface area contributed by atoms with E-state index in [0.29, 0.717) is 29.8 Å². The summed E-state index contributed by atoms with van der Waals surface area (Å²) in [5.74, 6) is 2.57. The molecule has 0 fully saturated rings. The predicted octanol–water partition coefficient (Wildman–Crippen LogP) is 1.47. The third-order valence-corrected chi connectivity index (χ3v) is 3.32. The normalized spacial score (nSPS) is 10.5. The van der Waals surface area contributed by atoms with Crippen LogP contribution in [0.15, 0.2) is 24.4 Å². The zero-order chi connectivity index (χ0) is 17.4. The summed E-state index contributed by atoms with van der Waals surface area (Å²) in [6.45, 7) is 2.25. The Labute approximate surface area is 142 Å². The van der Waals surface area contributed by atoms with E-state index in [1.54, 1.807) is 20.4 Å². The molecule has 0 aliphatic carbocycles. The number of hydrogen-bond acceptors (Lipinski definition) is 8. The van der Waals surface area contributed by atoms with Gasteiger partial charge in [-0.2, -0.15) is 10.1 Å². The van der Waals surface area contributed by atoms with Gasteiger partial charge in [0.15, 0.2) is 17.3 Å². The smallest absolute Gasteiger partial charge is 0.244 e. The highest BCUT2D eigenvalue weighted by Gasteiger charge is 2.05. The Hall–Kier alpha value is -2.61. The summed E-state index contributed by atoms with van der Waals surface area (Å²) >= 11 is 0. The third-order valence-electron chi connectivity index (χ3n) is 3.32. The second kappa shape index (κ2) is 8.88. The first-order chi connectivity index (χ1) is 11.6.